The number of hydrogen-bond donors (Lipinski definition) is 3. The smallest absolute Gasteiger partial charge is 0.0434 e. The molecular formula is C9H15N3. The van der Waals surface area contributed by atoms with Gasteiger partial charge in [-0.1, -0.05) is 12.1 Å². The fourth-order valence-corrected chi connectivity index (χ4v) is 1.08. The van der Waals surface area contributed by atoms with Crippen LogP contribution in [0, 0.1) is 0 Å². The van der Waals surface area contributed by atoms with Gasteiger partial charge in [0, 0.05) is 11.7 Å². The van der Waals surface area contributed by atoms with E-state index in [1.54, 1.807) is 0 Å². The van der Waals surface area contributed by atoms with Gasteiger partial charge in [-0.2, -0.15) is 0 Å². The zero-order chi connectivity index (χ0) is 8.97. The van der Waals surface area contributed by atoms with Crippen molar-refractivity contribution in [1.82, 2.24) is 10.9 Å². The molecule has 3 nitrogen and oxygen atoms in total. The van der Waals surface area contributed by atoms with Gasteiger partial charge >= 0.3 is 0 Å². The summed E-state index contributed by atoms with van der Waals surface area (Å²) < 4.78 is 0. The van der Waals surface area contributed by atoms with Gasteiger partial charge in [0.2, 0.25) is 0 Å². The lowest BCUT2D eigenvalue weighted by molar-refractivity contribution is 0.505. The molecule has 4 N–H and O–H groups in total. The zero-order valence-corrected chi connectivity index (χ0v) is 7.46. The van der Waals surface area contributed by atoms with Crippen LogP contribution in [0.4, 0.5) is 5.69 Å². The fourth-order valence-electron chi connectivity index (χ4n) is 1.08. The minimum atomic E-state index is 0.301. The molecule has 1 aromatic rings. The third-order valence-corrected chi connectivity index (χ3v) is 1.80. The number of rotatable bonds is 3. The van der Waals surface area contributed by atoms with Crippen molar-refractivity contribution < 1.29 is 0 Å². The first kappa shape index (κ1) is 9.03. The summed E-state index contributed by atoms with van der Waals surface area (Å²) in [6.07, 6.45) is 0. The van der Waals surface area contributed by atoms with Crippen molar-refractivity contribution in [2.75, 3.05) is 12.8 Å². The third kappa shape index (κ3) is 2.22. The number of nitrogens with one attached hydrogen (secondary N) is 2. The lowest BCUT2D eigenvalue weighted by Crippen LogP contribution is -2.30. The van der Waals surface area contributed by atoms with Crippen molar-refractivity contribution in [3.63, 3.8) is 0 Å². The van der Waals surface area contributed by atoms with Crippen LogP contribution >= 0.6 is 0 Å². The van der Waals surface area contributed by atoms with Gasteiger partial charge in [0.1, 0.15) is 0 Å². The summed E-state index contributed by atoms with van der Waals surface area (Å²) in [5.74, 6) is 0. The van der Waals surface area contributed by atoms with Crippen LogP contribution in [0.2, 0.25) is 0 Å². The molecule has 0 radical (unpaired) electrons. The van der Waals surface area contributed by atoms with Gasteiger partial charge < -0.3 is 5.73 Å². The van der Waals surface area contributed by atoms with Crippen molar-refractivity contribution in [2.24, 2.45) is 0 Å². The minimum Gasteiger partial charge on any atom is -0.399 e. The van der Waals surface area contributed by atoms with E-state index in [0.717, 1.165) is 5.69 Å². The van der Waals surface area contributed by atoms with Gasteiger partial charge in [-0.05, 0) is 31.7 Å². The lowest BCUT2D eigenvalue weighted by atomic mass is 10.1. The Kier molecular flexibility index (Phi) is 3.08. The van der Waals surface area contributed by atoms with Crippen molar-refractivity contribution in [2.45, 2.75) is 13.0 Å². The summed E-state index contributed by atoms with van der Waals surface area (Å²) >= 11 is 0. The van der Waals surface area contributed by atoms with Crippen LogP contribution in [0.5, 0.6) is 0 Å². The van der Waals surface area contributed by atoms with E-state index < -0.39 is 0 Å². The van der Waals surface area contributed by atoms with E-state index in [9.17, 15) is 0 Å². The molecule has 0 fully saturated rings. The average molecular weight is 165 g/mol. The Morgan fingerprint density at radius 2 is 1.83 bits per heavy atom. The number of nitrogens with two attached hydrogens (primary N) is 1. The predicted molar refractivity (Wildman–Crippen MR) is 51.5 cm³/mol. The first-order chi connectivity index (χ1) is 5.74. The van der Waals surface area contributed by atoms with Gasteiger partial charge in [-0.3, -0.25) is 10.9 Å². The summed E-state index contributed by atoms with van der Waals surface area (Å²) in [5.41, 5.74) is 13.6. The van der Waals surface area contributed by atoms with E-state index in [0.29, 0.717) is 6.04 Å². The van der Waals surface area contributed by atoms with Gasteiger partial charge in [0.25, 0.3) is 0 Å². The Hall–Kier alpha value is -1.06. The molecule has 1 rings (SSSR count). The van der Waals surface area contributed by atoms with Crippen LogP contribution in [0.15, 0.2) is 24.3 Å². The molecule has 0 spiro atoms. The van der Waals surface area contributed by atoms with Gasteiger partial charge in [0.05, 0.1) is 0 Å². The number of benzene rings is 1. The monoisotopic (exact) mass is 165 g/mol. The highest BCUT2D eigenvalue weighted by molar-refractivity contribution is 5.39. The molecule has 0 saturated heterocycles. The standard InChI is InChI=1S/C9H15N3/c1-7(12-11-2)8-3-5-9(10)6-4-8/h3-7,11-12H,10H2,1-2H3. The summed E-state index contributed by atoms with van der Waals surface area (Å²) in [5, 5.41) is 0. The summed E-state index contributed by atoms with van der Waals surface area (Å²) in [6.45, 7) is 2.09. The van der Waals surface area contributed by atoms with Crippen LogP contribution < -0.4 is 16.6 Å². The molecule has 66 valence electrons. The van der Waals surface area contributed by atoms with E-state index in [-0.39, 0.29) is 0 Å². The highest BCUT2D eigenvalue weighted by Gasteiger charge is 2.01. The van der Waals surface area contributed by atoms with Crippen molar-refractivity contribution in [3.8, 4) is 0 Å². The molecule has 0 heterocycles. The van der Waals surface area contributed by atoms with Crippen LogP contribution in [0.25, 0.3) is 0 Å². The molecule has 3 heteroatoms. The minimum absolute atomic E-state index is 0.301. The Morgan fingerprint density at radius 3 is 2.33 bits per heavy atom. The topological polar surface area (TPSA) is 50.1 Å². The van der Waals surface area contributed by atoms with E-state index in [1.807, 2.05) is 31.3 Å². The third-order valence-electron chi connectivity index (χ3n) is 1.80. The van der Waals surface area contributed by atoms with Crippen LogP contribution in [0.3, 0.4) is 0 Å². The summed E-state index contributed by atoms with van der Waals surface area (Å²) in [7, 11) is 1.85. The number of nitrogen functional groups attached to an aromatic ring is 1. The molecule has 12 heavy (non-hydrogen) atoms. The molecule has 0 aliphatic heterocycles. The largest absolute Gasteiger partial charge is 0.399 e. The van der Waals surface area contributed by atoms with Gasteiger partial charge in [-0.15, -0.1) is 0 Å². The second-order valence-corrected chi connectivity index (χ2v) is 2.78. The SMILES string of the molecule is CNNC(C)c1ccc(N)cc1. The predicted octanol–water partition coefficient (Wildman–Crippen LogP) is 1.05. The second-order valence-electron chi connectivity index (χ2n) is 2.78. The molecular weight excluding hydrogens is 150 g/mol. The molecule has 0 bridgehead atoms. The zero-order valence-electron chi connectivity index (χ0n) is 7.46. The van der Waals surface area contributed by atoms with Crippen molar-refractivity contribution in [1.29, 1.82) is 0 Å². The van der Waals surface area contributed by atoms with Crippen molar-refractivity contribution >= 4 is 5.69 Å². The van der Waals surface area contributed by atoms with E-state index in [4.69, 9.17) is 5.73 Å². The number of hydrogen-bond acceptors (Lipinski definition) is 3. The quantitative estimate of drug-likeness (QED) is 0.463. The van der Waals surface area contributed by atoms with Crippen molar-refractivity contribution in [3.05, 3.63) is 29.8 Å². The lowest BCUT2D eigenvalue weighted by Gasteiger charge is -2.12. The van der Waals surface area contributed by atoms with Crippen LogP contribution in [-0.4, -0.2) is 7.05 Å². The molecule has 1 atom stereocenters. The molecule has 0 saturated carbocycles. The maximum absolute atomic E-state index is 5.56. The molecule has 0 amide bonds. The Bertz CT molecular complexity index is 230. The summed E-state index contributed by atoms with van der Waals surface area (Å²) in [6, 6.07) is 8.15. The maximum Gasteiger partial charge on any atom is 0.0434 e. The van der Waals surface area contributed by atoms with E-state index in [1.165, 1.54) is 5.56 Å². The van der Waals surface area contributed by atoms with E-state index >= 15 is 0 Å². The van der Waals surface area contributed by atoms with E-state index in [2.05, 4.69) is 17.8 Å². The Morgan fingerprint density at radius 1 is 1.25 bits per heavy atom. The molecule has 1 unspecified atom stereocenters. The molecule has 1 aromatic carbocycles. The van der Waals surface area contributed by atoms with Crippen LogP contribution in [-0.2, 0) is 0 Å². The number of hydrazine groups is 1. The number of anilines is 1. The average Bonchev–Trinajstić information content (AvgIpc) is 2.06. The first-order valence-electron chi connectivity index (χ1n) is 4.01. The normalized spacial score (nSPS) is 12.8. The van der Waals surface area contributed by atoms with Crippen LogP contribution in [0.1, 0.15) is 18.5 Å². The maximum atomic E-state index is 5.56. The fraction of sp³-hybridized carbons (Fsp3) is 0.333. The highest BCUT2D eigenvalue weighted by Crippen LogP contribution is 2.12. The molecule has 0 aliphatic rings. The van der Waals surface area contributed by atoms with Gasteiger partial charge in [-0.25, -0.2) is 0 Å². The molecule has 0 aliphatic carbocycles. The Labute approximate surface area is 72.9 Å². The first-order valence-corrected chi connectivity index (χ1v) is 4.01. The second kappa shape index (κ2) is 4.09. The van der Waals surface area contributed by atoms with Gasteiger partial charge in [0.15, 0.2) is 0 Å². The highest BCUT2D eigenvalue weighted by atomic mass is 15.3. The molecule has 0 aromatic heterocycles. The summed E-state index contributed by atoms with van der Waals surface area (Å²) in [4.78, 5) is 0. The Balaban J connectivity index is 2.68.